The molecule has 0 N–H and O–H groups in total. The molecule has 0 atom stereocenters. The quantitative estimate of drug-likeness (QED) is 0.522. The first-order valence-electron chi connectivity index (χ1n) is 8.00. The Morgan fingerprint density at radius 3 is 2.85 bits per heavy atom. The van der Waals surface area contributed by atoms with Gasteiger partial charge in [0.25, 0.3) is 0 Å². The Bertz CT molecular complexity index is 925. The molecule has 3 nitrogen and oxygen atoms in total. The SMILES string of the molecule is Fc1ccc(OCc2nc(CSC3=Nc4ccccc4CS3)cs2)cc1. The lowest BCUT2D eigenvalue weighted by Crippen LogP contribution is -1.97. The van der Waals surface area contributed by atoms with Crippen LogP contribution in [0.1, 0.15) is 16.3 Å². The molecule has 2 aromatic carbocycles. The van der Waals surface area contributed by atoms with E-state index in [1.807, 2.05) is 6.07 Å². The Hall–Kier alpha value is -1.83. The maximum Gasteiger partial charge on any atom is 0.140 e. The molecule has 0 saturated heterocycles. The largest absolute Gasteiger partial charge is 0.486 e. The normalized spacial score (nSPS) is 13.2. The number of thiazole rings is 1. The van der Waals surface area contributed by atoms with Crippen molar-refractivity contribution in [2.75, 3.05) is 0 Å². The van der Waals surface area contributed by atoms with Crippen molar-refractivity contribution in [3.63, 3.8) is 0 Å². The molecule has 0 radical (unpaired) electrons. The summed E-state index contributed by atoms with van der Waals surface area (Å²) in [6.45, 7) is 0.393. The molecule has 26 heavy (non-hydrogen) atoms. The number of aromatic nitrogens is 1. The number of rotatable bonds is 5. The van der Waals surface area contributed by atoms with E-state index in [0.717, 1.165) is 32.3 Å². The molecule has 2 heterocycles. The summed E-state index contributed by atoms with van der Waals surface area (Å²) in [5.74, 6) is 2.14. The van der Waals surface area contributed by atoms with Gasteiger partial charge in [-0.15, -0.1) is 11.3 Å². The van der Waals surface area contributed by atoms with Crippen LogP contribution in [0, 0.1) is 5.82 Å². The van der Waals surface area contributed by atoms with Crippen LogP contribution in [0.25, 0.3) is 0 Å². The highest BCUT2D eigenvalue weighted by Crippen LogP contribution is 2.35. The average Bonchev–Trinajstić information content (AvgIpc) is 3.14. The first-order chi connectivity index (χ1) is 12.8. The molecule has 0 unspecified atom stereocenters. The summed E-state index contributed by atoms with van der Waals surface area (Å²) in [5.41, 5.74) is 3.39. The zero-order valence-corrected chi connectivity index (χ0v) is 16.2. The molecular formula is C19H15FN2OS3. The number of hydrogen-bond acceptors (Lipinski definition) is 6. The van der Waals surface area contributed by atoms with Crippen LogP contribution in [0.5, 0.6) is 5.75 Å². The Morgan fingerprint density at radius 2 is 1.96 bits per heavy atom. The minimum Gasteiger partial charge on any atom is -0.486 e. The number of fused-ring (bicyclic) bond motifs is 1. The van der Waals surface area contributed by atoms with E-state index < -0.39 is 0 Å². The third-order valence-corrected chi connectivity index (χ3v) is 6.82. The van der Waals surface area contributed by atoms with Gasteiger partial charge in [-0.05, 0) is 35.9 Å². The Labute approximate surface area is 163 Å². The minimum atomic E-state index is -0.267. The van der Waals surface area contributed by atoms with Crippen molar-refractivity contribution in [1.82, 2.24) is 4.98 Å². The second-order valence-electron chi connectivity index (χ2n) is 5.56. The molecule has 0 spiro atoms. The highest BCUT2D eigenvalue weighted by atomic mass is 32.2. The average molecular weight is 403 g/mol. The van der Waals surface area contributed by atoms with Crippen molar-refractivity contribution in [3.8, 4) is 5.75 Å². The van der Waals surface area contributed by atoms with Crippen LogP contribution in [-0.2, 0) is 18.1 Å². The summed E-state index contributed by atoms with van der Waals surface area (Å²) < 4.78 is 19.6. The van der Waals surface area contributed by atoms with Gasteiger partial charge in [0, 0.05) is 16.9 Å². The fourth-order valence-electron chi connectivity index (χ4n) is 2.38. The Balaban J connectivity index is 1.31. The summed E-state index contributed by atoms with van der Waals surface area (Å²) in [6, 6.07) is 14.3. The summed E-state index contributed by atoms with van der Waals surface area (Å²) in [7, 11) is 0. The molecule has 1 aromatic heterocycles. The first kappa shape index (κ1) is 17.6. The van der Waals surface area contributed by atoms with Crippen LogP contribution in [-0.4, -0.2) is 9.36 Å². The molecule has 1 aliphatic rings. The van der Waals surface area contributed by atoms with Gasteiger partial charge in [-0.3, -0.25) is 0 Å². The molecule has 0 fully saturated rings. The molecule has 0 aliphatic carbocycles. The van der Waals surface area contributed by atoms with Crippen LogP contribution in [0.15, 0.2) is 58.9 Å². The van der Waals surface area contributed by atoms with E-state index in [0.29, 0.717) is 12.4 Å². The number of halogens is 1. The Kier molecular flexibility index (Phi) is 5.57. The molecule has 0 saturated carbocycles. The van der Waals surface area contributed by atoms with Gasteiger partial charge in [0.2, 0.25) is 0 Å². The third kappa shape index (κ3) is 4.47. The maximum absolute atomic E-state index is 12.9. The molecule has 0 amide bonds. The van der Waals surface area contributed by atoms with Crippen molar-refractivity contribution in [3.05, 3.63) is 76.0 Å². The standard InChI is InChI=1S/C19H15FN2OS3/c20-14-5-7-16(8-6-14)23-9-18-21-15(11-24-18)12-26-19-22-17-4-2-1-3-13(17)10-25-19/h1-8,11H,9-10,12H2. The number of ether oxygens (including phenoxy) is 1. The molecule has 3 aromatic rings. The van der Waals surface area contributed by atoms with E-state index in [4.69, 9.17) is 9.73 Å². The molecule has 132 valence electrons. The summed E-state index contributed by atoms with van der Waals surface area (Å²) in [6.07, 6.45) is 0. The van der Waals surface area contributed by atoms with Gasteiger partial charge >= 0.3 is 0 Å². The summed E-state index contributed by atoms with van der Waals surface area (Å²) in [5, 5.41) is 2.96. The second-order valence-corrected chi connectivity index (χ2v) is 8.69. The molecule has 7 heteroatoms. The fourth-order valence-corrected chi connectivity index (χ4v) is 5.14. The van der Waals surface area contributed by atoms with Crippen LogP contribution in [0.4, 0.5) is 10.1 Å². The number of benzene rings is 2. The van der Waals surface area contributed by atoms with Gasteiger partial charge in [-0.2, -0.15) is 0 Å². The maximum atomic E-state index is 12.9. The van der Waals surface area contributed by atoms with Crippen LogP contribution in [0.2, 0.25) is 0 Å². The summed E-state index contributed by atoms with van der Waals surface area (Å²) in [4.78, 5) is 9.32. The lowest BCUT2D eigenvalue weighted by Gasteiger charge is -2.13. The van der Waals surface area contributed by atoms with E-state index >= 15 is 0 Å². The van der Waals surface area contributed by atoms with Gasteiger partial charge in [-0.1, -0.05) is 41.7 Å². The van der Waals surface area contributed by atoms with E-state index in [1.165, 1.54) is 17.7 Å². The second kappa shape index (κ2) is 8.24. The zero-order valence-electron chi connectivity index (χ0n) is 13.7. The fraction of sp³-hybridized carbons (Fsp3) is 0.158. The van der Waals surface area contributed by atoms with Gasteiger partial charge in [0.05, 0.1) is 11.4 Å². The van der Waals surface area contributed by atoms with Crippen molar-refractivity contribution >= 4 is 44.9 Å². The van der Waals surface area contributed by atoms with E-state index in [2.05, 4.69) is 28.6 Å². The van der Waals surface area contributed by atoms with Crippen LogP contribution < -0.4 is 4.74 Å². The number of hydrogen-bond donors (Lipinski definition) is 0. The number of nitrogens with zero attached hydrogens (tertiary/aromatic N) is 2. The summed E-state index contributed by atoms with van der Waals surface area (Å²) >= 11 is 5.07. The number of thioether (sulfide) groups is 2. The molecule has 0 bridgehead atoms. The van der Waals surface area contributed by atoms with Crippen LogP contribution >= 0.6 is 34.9 Å². The lowest BCUT2D eigenvalue weighted by atomic mass is 10.2. The van der Waals surface area contributed by atoms with Gasteiger partial charge in [0.1, 0.15) is 27.6 Å². The first-order valence-corrected chi connectivity index (χ1v) is 10.9. The monoisotopic (exact) mass is 402 g/mol. The highest BCUT2D eigenvalue weighted by Gasteiger charge is 2.13. The zero-order chi connectivity index (χ0) is 17.8. The van der Waals surface area contributed by atoms with Gasteiger partial charge < -0.3 is 4.74 Å². The van der Waals surface area contributed by atoms with Gasteiger partial charge in [0.15, 0.2) is 0 Å². The Morgan fingerprint density at radius 1 is 1.12 bits per heavy atom. The van der Waals surface area contributed by atoms with Crippen LogP contribution in [0.3, 0.4) is 0 Å². The predicted octanol–water partition coefficient (Wildman–Crippen LogP) is 6.03. The van der Waals surface area contributed by atoms with Crippen molar-refractivity contribution < 1.29 is 9.13 Å². The van der Waals surface area contributed by atoms with E-state index in [1.54, 1.807) is 47.0 Å². The molecule has 4 rings (SSSR count). The smallest absolute Gasteiger partial charge is 0.140 e. The van der Waals surface area contributed by atoms with Crippen molar-refractivity contribution in [2.45, 2.75) is 18.1 Å². The number of para-hydroxylation sites is 1. The molecule has 1 aliphatic heterocycles. The van der Waals surface area contributed by atoms with Crippen molar-refractivity contribution in [2.24, 2.45) is 4.99 Å². The highest BCUT2D eigenvalue weighted by molar-refractivity contribution is 8.38. The number of aliphatic imine (C=N–C) groups is 1. The van der Waals surface area contributed by atoms with E-state index in [-0.39, 0.29) is 5.82 Å². The third-order valence-electron chi connectivity index (χ3n) is 3.67. The molecular weight excluding hydrogens is 387 g/mol. The van der Waals surface area contributed by atoms with Crippen molar-refractivity contribution in [1.29, 1.82) is 0 Å². The topological polar surface area (TPSA) is 34.5 Å². The predicted molar refractivity (Wildman–Crippen MR) is 109 cm³/mol. The van der Waals surface area contributed by atoms with Gasteiger partial charge in [-0.25, -0.2) is 14.4 Å². The van der Waals surface area contributed by atoms with E-state index in [9.17, 15) is 4.39 Å². The lowest BCUT2D eigenvalue weighted by molar-refractivity contribution is 0.305. The minimum absolute atomic E-state index is 0.267.